The number of urea groups is 1. The molecule has 2 fully saturated rings. The molecule has 0 unspecified atom stereocenters. The van der Waals surface area contributed by atoms with Gasteiger partial charge in [-0.1, -0.05) is 31.4 Å². The van der Waals surface area contributed by atoms with Crippen LogP contribution in [0.25, 0.3) is 0 Å². The summed E-state index contributed by atoms with van der Waals surface area (Å²) in [5, 5.41) is 2.99. The third-order valence-electron chi connectivity index (χ3n) is 5.57. The first-order chi connectivity index (χ1) is 12.8. The molecular formula is C22H33N3O2. The number of carbonyl (C=O) groups is 2. The van der Waals surface area contributed by atoms with E-state index in [1.54, 1.807) is 4.90 Å². The van der Waals surface area contributed by atoms with Gasteiger partial charge in [-0.3, -0.25) is 4.79 Å². The Balaban J connectivity index is 1.54. The maximum absolute atomic E-state index is 12.8. The van der Waals surface area contributed by atoms with Crippen molar-refractivity contribution in [2.45, 2.75) is 64.3 Å². The summed E-state index contributed by atoms with van der Waals surface area (Å²) in [4.78, 5) is 28.7. The van der Waals surface area contributed by atoms with E-state index >= 15 is 0 Å². The first kappa shape index (κ1) is 19.7. The zero-order chi connectivity index (χ0) is 19.4. The molecule has 5 heteroatoms. The molecular weight excluding hydrogens is 338 g/mol. The van der Waals surface area contributed by atoms with Crippen molar-refractivity contribution in [3.8, 4) is 0 Å². The lowest BCUT2D eigenvalue weighted by Gasteiger charge is -2.36. The van der Waals surface area contributed by atoms with Crippen molar-refractivity contribution in [1.82, 2.24) is 15.1 Å². The van der Waals surface area contributed by atoms with Crippen LogP contribution in [0.15, 0.2) is 24.3 Å². The first-order valence-corrected chi connectivity index (χ1v) is 10.3. The second-order valence-electron chi connectivity index (χ2n) is 8.92. The molecule has 1 aliphatic heterocycles. The SMILES string of the molecule is CC(C)(C)NC(=O)N1CCN(C(=O)c2ccc(C3CCCCC3)cc2)CC1. The molecule has 0 atom stereocenters. The number of amides is 3. The van der Waals surface area contributed by atoms with Crippen LogP contribution in [0.3, 0.4) is 0 Å². The Labute approximate surface area is 163 Å². The van der Waals surface area contributed by atoms with Crippen molar-refractivity contribution < 1.29 is 9.59 Å². The molecule has 1 aromatic carbocycles. The van der Waals surface area contributed by atoms with Gasteiger partial charge in [0.2, 0.25) is 0 Å². The minimum atomic E-state index is -0.246. The van der Waals surface area contributed by atoms with E-state index in [-0.39, 0.29) is 17.5 Å². The van der Waals surface area contributed by atoms with Gasteiger partial charge in [-0.05, 0) is 57.2 Å². The summed E-state index contributed by atoms with van der Waals surface area (Å²) in [7, 11) is 0. The third kappa shape index (κ3) is 5.24. The molecule has 1 saturated carbocycles. The van der Waals surface area contributed by atoms with E-state index < -0.39 is 0 Å². The average molecular weight is 372 g/mol. The zero-order valence-corrected chi connectivity index (χ0v) is 17.0. The number of hydrogen-bond acceptors (Lipinski definition) is 2. The molecule has 2 aliphatic rings. The predicted octanol–water partition coefficient (Wildman–Crippen LogP) is 4.00. The van der Waals surface area contributed by atoms with Crippen molar-refractivity contribution in [3.63, 3.8) is 0 Å². The maximum Gasteiger partial charge on any atom is 0.317 e. The Morgan fingerprint density at radius 3 is 2.00 bits per heavy atom. The van der Waals surface area contributed by atoms with E-state index in [4.69, 9.17) is 0 Å². The molecule has 3 rings (SSSR count). The largest absolute Gasteiger partial charge is 0.335 e. The van der Waals surface area contributed by atoms with Crippen LogP contribution in [-0.4, -0.2) is 53.5 Å². The van der Waals surface area contributed by atoms with Gasteiger partial charge in [0, 0.05) is 37.3 Å². The number of nitrogens with zero attached hydrogens (tertiary/aromatic N) is 2. The van der Waals surface area contributed by atoms with Crippen LogP contribution >= 0.6 is 0 Å². The van der Waals surface area contributed by atoms with Gasteiger partial charge in [0.25, 0.3) is 5.91 Å². The summed E-state index contributed by atoms with van der Waals surface area (Å²) in [6, 6.07) is 8.18. The number of rotatable bonds is 2. The molecule has 148 valence electrons. The van der Waals surface area contributed by atoms with Gasteiger partial charge in [0.1, 0.15) is 0 Å². The maximum atomic E-state index is 12.8. The monoisotopic (exact) mass is 371 g/mol. The number of nitrogens with one attached hydrogen (secondary N) is 1. The average Bonchev–Trinajstić information content (AvgIpc) is 2.67. The van der Waals surface area contributed by atoms with Crippen LogP contribution in [-0.2, 0) is 0 Å². The highest BCUT2D eigenvalue weighted by molar-refractivity contribution is 5.94. The molecule has 1 aliphatic carbocycles. The Hall–Kier alpha value is -2.04. The molecule has 1 aromatic rings. The Morgan fingerprint density at radius 1 is 0.889 bits per heavy atom. The fourth-order valence-electron chi connectivity index (χ4n) is 4.03. The van der Waals surface area contributed by atoms with E-state index in [0.717, 1.165) is 5.56 Å². The van der Waals surface area contributed by atoms with Gasteiger partial charge in [-0.15, -0.1) is 0 Å². The van der Waals surface area contributed by atoms with E-state index in [1.807, 2.05) is 37.8 Å². The number of piperazine rings is 1. The number of hydrogen-bond donors (Lipinski definition) is 1. The van der Waals surface area contributed by atoms with Crippen molar-refractivity contribution >= 4 is 11.9 Å². The second-order valence-corrected chi connectivity index (χ2v) is 8.92. The van der Waals surface area contributed by atoms with E-state index in [9.17, 15) is 9.59 Å². The molecule has 5 nitrogen and oxygen atoms in total. The highest BCUT2D eigenvalue weighted by Gasteiger charge is 2.26. The Bertz CT molecular complexity index is 649. The van der Waals surface area contributed by atoms with Gasteiger partial charge in [-0.25, -0.2) is 4.79 Å². The van der Waals surface area contributed by atoms with Gasteiger partial charge >= 0.3 is 6.03 Å². The lowest BCUT2D eigenvalue weighted by molar-refractivity contribution is 0.0661. The lowest BCUT2D eigenvalue weighted by Crippen LogP contribution is -2.56. The smallest absolute Gasteiger partial charge is 0.317 e. The second kappa shape index (κ2) is 8.32. The minimum absolute atomic E-state index is 0.0496. The first-order valence-electron chi connectivity index (χ1n) is 10.3. The van der Waals surface area contributed by atoms with Crippen LogP contribution in [0, 0.1) is 0 Å². The fraction of sp³-hybridized carbons (Fsp3) is 0.636. The van der Waals surface area contributed by atoms with Crippen LogP contribution in [0.2, 0.25) is 0 Å². The quantitative estimate of drug-likeness (QED) is 0.854. The zero-order valence-electron chi connectivity index (χ0n) is 17.0. The molecule has 0 spiro atoms. The summed E-state index contributed by atoms with van der Waals surface area (Å²) in [5.41, 5.74) is 1.88. The van der Waals surface area contributed by atoms with Crippen LogP contribution in [0.1, 0.15) is 74.7 Å². The topological polar surface area (TPSA) is 52.7 Å². The van der Waals surface area contributed by atoms with Crippen LogP contribution in [0.4, 0.5) is 4.79 Å². The molecule has 0 aromatic heterocycles. The van der Waals surface area contributed by atoms with Crippen molar-refractivity contribution in [1.29, 1.82) is 0 Å². The molecule has 1 saturated heterocycles. The molecule has 0 radical (unpaired) electrons. The van der Waals surface area contributed by atoms with Gasteiger partial charge < -0.3 is 15.1 Å². The van der Waals surface area contributed by atoms with E-state index in [1.165, 1.54) is 37.7 Å². The Kier molecular flexibility index (Phi) is 6.08. The van der Waals surface area contributed by atoms with Crippen molar-refractivity contribution in [3.05, 3.63) is 35.4 Å². The van der Waals surface area contributed by atoms with Crippen molar-refractivity contribution in [2.75, 3.05) is 26.2 Å². The lowest BCUT2D eigenvalue weighted by atomic mass is 9.84. The van der Waals surface area contributed by atoms with Crippen LogP contribution in [0.5, 0.6) is 0 Å². The standard InChI is InChI=1S/C22H33N3O2/c1-22(2,3)23-21(27)25-15-13-24(14-16-25)20(26)19-11-9-18(10-12-19)17-7-5-4-6-8-17/h9-12,17H,4-8,13-16H2,1-3H3,(H,23,27). The minimum Gasteiger partial charge on any atom is -0.335 e. The normalized spacial score (nSPS) is 19.1. The summed E-state index contributed by atoms with van der Waals surface area (Å²) in [6.45, 7) is 8.24. The Morgan fingerprint density at radius 2 is 1.44 bits per heavy atom. The molecule has 1 N–H and O–H groups in total. The molecule has 1 heterocycles. The van der Waals surface area contributed by atoms with Gasteiger partial charge in [0.15, 0.2) is 0 Å². The third-order valence-corrected chi connectivity index (χ3v) is 5.57. The summed E-state index contributed by atoms with van der Waals surface area (Å²) >= 11 is 0. The van der Waals surface area contributed by atoms with E-state index in [0.29, 0.717) is 32.1 Å². The van der Waals surface area contributed by atoms with Crippen molar-refractivity contribution in [2.24, 2.45) is 0 Å². The van der Waals surface area contributed by atoms with Crippen LogP contribution < -0.4 is 5.32 Å². The van der Waals surface area contributed by atoms with Gasteiger partial charge in [0.05, 0.1) is 0 Å². The van der Waals surface area contributed by atoms with Gasteiger partial charge in [-0.2, -0.15) is 0 Å². The summed E-state index contributed by atoms with van der Waals surface area (Å²) < 4.78 is 0. The molecule has 27 heavy (non-hydrogen) atoms. The summed E-state index contributed by atoms with van der Waals surface area (Å²) in [5.74, 6) is 0.730. The highest BCUT2D eigenvalue weighted by atomic mass is 16.2. The predicted molar refractivity (Wildman–Crippen MR) is 108 cm³/mol. The molecule has 3 amide bonds. The number of benzene rings is 1. The highest BCUT2D eigenvalue weighted by Crippen LogP contribution is 2.32. The number of carbonyl (C=O) groups excluding carboxylic acids is 2. The summed E-state index contributed by atoms with van der Waals surface area (Å²) in [6.07, 6.45) is 6.53. The van der Waals surface area contributed by atoms with E-state index in [2.05, 4.69) is 17.4 Å². The molecule has 0 bridgehead atoms. The fourth-order valence-corrected chi connectivity index (χ4v) is 4.03.